The third kappa shape index (κ3) is 4.53. The van der Waals surface area contributed by atoms with Crippen molar-refractivity contribution in [3.05, 3.63) is 71.8 Å². The second kappa shape index (κ2) is 9.21. The van der Waals surface area contributed by atoms with E-state index < -0.39 is 17.7 Å². The molecule has 2 aromatic carbocycles. The molecule has 0 atom stereocenters. The van der Waals surface area contributed by atoms with E-state index in [1.54, 1.807) is 0 Å². The number of rotatable bonds is 5. The van der Waals surface area contributed by atoms with E-state index in [2.05, 4.69) is 24.3 Å². The zero-order valence-electron chi connectivity index (χ0n) is 17.9. The minimum absolute atomic E-state index is 0.0791. The first kappa shape index (κ1) is 24.2. The first-order valence-electron chi connectivity index (χ1n) is 10.8. The summed E-state index contributed by atoms with van der Waals surface area (Å²) in [5, 5.41) is 21.0. The topological polar surface area (TPSA) is 86.4 Å². The Kier molecular flexibility index (Phi) is 6.97. The lowest BCUT2D eigenvalue weighted by Crippen LogP contribution is -2.67. The minimum atomic E-state index is -5.19. The molecular weight excluding hydrogens is 421 g/mol. The summed E-state index contributed by atoms with van der Waals surface area (Å²) in [6.45, 7) is 5.25. The summed E-state index contributed by atoms with van der Waals surface area (Å²) in [6, 6.07) is 20.6. The zero-order chi connectivity index (χ0) is 23.5. The monoisotopic (exact) mass is 450 g/mol. The molecule has 0 radical (unpaired) electrons. The first-order valence-corrected chi connectivity index (χ1v) is 10.8. The molecule has 0 unspecified atom stereocenters. The Bertz CT molecular complexity index is 840. The fourth-order valence-electron chi connectivity index (χ4n) is 5.35. The number of hydrogen-bond donors (Lipinski definition) is 2. The smallest absolute Gasteiger partial charge is 0.430 e. The van der Waals surface area contributed by atoms with E-state index >= 15 is 0 Å². The van der Waals surface area contributed by atoms with Gasteiger partial charge in [-0.15, -0.1) is 0 Å². The number of hydrogen-bond acceptors (Lipinski definition) is 4. The maximum absolute atomic E-state index is 12.2. The van der Waals surface area contributed by atoms with Crippen LogP contribution in [0, 0.1) is 5.41 Å². The van der Waals surface area contributed by atoms with Crippen LogP contribution in [-0.2, 0) is 10.4 Å². The van der Waals surface area contributed by atoms with Gasteiger partial charge in [0, 0.05) is 31.2 Å². The summed E-state index contributed by atoms with van der Waals surface area (Å²) in [7, 11) is 0. The van der Waals surface area contributed by atoms with E-state index in [0.717, 1.165) is 67.6 Å². The summed E-state index contributed by atoms with van der Waals surface area (Å²) < 4.78 is 32.7. The standard InChI is InChI=1S/C22H29N2O.C2HF3O2/c23-14-18-24-15-11-21(12-16-24,13-17-24)22(25,19-7-3-1-4-8-19)20-9-5-2-6-10-20;3-2(4,5)1(6)7/h1-10,25H,11-18,23H2;(H,6,7)/q+1;/p-1. The van der Waals surface area contributed by atoms with Gasteiger partial charge in [-0.25, -0.2) is 0 Å². The number of nitrogens with two attached hydrogens (primary N) is 1. The van der Waals surface area contributed by atoms with Crippen molar-refractivity contribution in [1.82, 2.24) is 0 Å². The van der Waals surface area contributed by atoms with E-state index in [-0.39, 0.29) is 5.41 Å². The number of aliphatic hydroxyl groups is 1. The normalized spacial score (nSPS) is 25.0. The number of quaternary nitrogens is 1. The number of fused-ring (bicyclic) bond motifs is 3. The van der Waals surface area contributed by atoms with Crippen LogP contribution in [0.3, 0.4) is 0 Å². The van der Waals surface area contributed by atoms with Crippen molar-refractivity contribution in [1.29, 1.82) is 0 Å². The van der Waals surface area contributed by atoms with Gasteiger partial charge in [-0.3, -0.25) is 0 Å². The Balaban J connectivity index is 0.000000360. The third-order valence-electron chi connectivity index (χ3n) is 7.18. The predicted octanol–water partition coefficient (Wildman–Crippen LogP) is 2.18. The average Bonchev–Trinajstić information content (AvgIpc) is 2.80. The number of piperidine rings is 3. The Morgan fingerprint density at radius 2 is 1.31 bits per heavy atom. The van der Waals surface area contributed by atoms with Crippen LogP contribution in [0.2, 0.25) is 0 Å². The summed E-state index contributed by atoms with van der Waals surface area (Å²) in [5.41, 5.74) is 6.93. The molecule has 8 heteroatoms. The van der Waals surface area contributed by atoms with Crippen LogP contribution in [0.25, 0.3) is 0 Å². The van der Waals surface area contributed by atoms with Gasteiger partial charge in [0.15, 0.2) is 0 Å². The lowest BCUT2D eigenvalue weighted by atomic mass is 9.56. The molecule has 3 heterocycles. The molecule has 3 saturated heterocycles. The molecule has 0 aromatic heterocycles. The van der Waals surface area contributed by atoms with Crippen LogP contribution < -0.4 is 10.8 Å². The summed E-state index contributed by atoms with van der Waals surface area (Å²) in [5.74, 6) is -3.01. The predicted molar refractivity (Wildman–Crippen MR) is 112 cm³/mol. The third-order valence-corrected chi connectivity index (χ3v) is 7.18. The quantitative estimate of drug-likeness (QED) is 0.684. The highest BCUT2D eigenvalue weighted by molar-refractivity contribution is 5.70. The van der Waals surface area contributed by atoms with Gasteiger partial charge in [0.25, 0.3) is 0 Å². The van der Waals surface area contributed by atoms with Gasteiger partial charge in [0.05, 0.1) is 26.2 Å². The summed E-state index contributed by atoms with van der Waals surface area (Å²) in [6.07, 6.45) is -2.01. The van der Waals surface area contributed by atoms with Crippen LogP contribution in [0.5, 0.6) is 0 Å². The Morgan fingerprint density at radius 3 is 1.62 bits per heavy atom. The number of carbonyl (C=O) groups is 1. The van der Waals surface area contributed by atoms with Crippen molar-refractivity contribution in [3.8, 4) is 0 Å². The summed E-state index contributed by atoms with van der Waals surface area (Å²) in [4.78, 5) is 8.78. The van der Waals surface area contributed by atoms with Gasteiger partial charge in [-0.05, 0) is 11.1 Å². The van der Waals surface area contributed by atoms with E-state index in [4.69, 9.17) is 15.6 Å². The van der Waals surface area contributed by atoms with Gasteiger partial charge < -0.3 is 25.2 Å². The molecule has 3 aliphatic heterocycles. The molecule has 3 N–H and O–H groups in total. The number of aliphatic carboxylic acids is 1. The molecule has 5 rings (SSSR count). The van der Waals surface area contributed by atoms with E-state index in [0.29, 0.717) is 0 Å². The van der Waals surface area contributed by atoms with Crippen molar-refractivity contribution < 1.29 is 32.7 Å². The number of carboxylic acids is 1. The number of carbonyl (C=O) groups excluding carboxylic acids is 1. The first-order chi connectivity index (χ1) is 15.1. The number of benzene rings is 2. The second-order valence-corrected chi connectivity index (χ2v) is 8.78. The van der Waals surface area contributed by atoms with Crippen molar-refractivity contribution in [3.63, 3.8) is 0 Å². The number of halogens is 3. The Hall–Kier alpha value is -2.42. The van der Waals surface area contributed by atoms with Crippen LogP contribution >= 0.6 is 0 Å². The van der Waals surface area contributed by atoms with Gasteiger partial charge in [0.1, 0.15) is 11.6 Å². The molecule has 5 nitrogen and oxygen atoms in total. The molecule has 32 heavy (non-hydrogen) atoms. The van der Waals surface area contributed by atoms with Crippen LogP contribution in [0.1, 0.15) is 30.4 Å². The van der Waals surface area contributed by atoms with Crippen LogP contribution in [0.4, 0.5) is 13.2 Å². The zero-order valence-corrected chi connectivity index (χ0v) is 17.9. The molecule has 2 aromatic rings. The summed E-state index contributed by atoms with van der Waals surface area (Å²) >= 11 is 0. The maximum Gasteiger partial charge on any atom is 0.430 e. The molecule has 3 aliphatic rings. The molecule has 0 aliphatic carbocycles. The fourth-order valence-corrected chi connectivity index (χ4v) is 5.35. The lowest BCUT2D eigenvalue weighted by molar-refractivity contribution is -0.945. The van der Waals surface area contributed by atoms with Crippen LogP contribution in [0.15, 0.2) is 60.7 Å². The Morgan fingerprint density at radius 1 is 0.938 bits per heavy atom. The Labute approximate surface area is 185 Å². The van der Waals surface area contributed by atoms with Crippen molar-refractivity contribution in [2.75, 3.05) is 32.7 Å². The highest BCUT2D eigenvalue weighted by Crippen LogP contribution is 2.57. The van der Waals surface area contributed by atoms with E-state index in [1.165, 1.54) is 0 Å². The van der Waals surface area contributed by atoms with E-state index in [9.17, 15) is 18.3 Å². The van der Waals surface area contributed by atoms with Crippen LogP contribution in [-0.4, -0.2) is 54.5 Å². The van der Waals surface area contributed by atoms with Gasteiger partial charge in [-0.2, -0.15) is 13.2 Å². The van der Waals surface area contributed by atoms with Gasteiger partial charge in [-0.1, -0.05) is 60.7 Å². The number of carboxylic acid groups (broad SMARTS) is 1. The average molecular weight is 451 g/mol. The second-order valence-electron chi connectivity index (χ2n) is 8.78. The highest BCUT2D eigenvalue weighted by Gasteiger charge is 2.60. The highest BCUT2D eigenvalue weighted by atomic mass is 19.4. The SMILES string of the molecule is NCC[N+]12CCC(C(O)(c3ccccc3)c3ccccc3)(CC1)CC2.O=C([O-])C(F)(F)F. The largest absolute Gasteiger partial charge is 0.542 e. The van der Waals surface area contributed by atoms with Crippen molar-refractivity contribution in [2.24, 2.45) is 11.1 Å². The van der Waals surface area contributed by atoms with Gasteiger partial charge >= 0.3 is 6.18 Å². The number of nitrogens with zero attached hydrogens (tertiary/aromatic N) is 1. The molecule has 0 spiro atoms. The van der Waals surface area contributed by atoms with Gasteiger partial charge in [0.2, 0.25) is 0 Å². The lowest BCUT2D eigenvalue weighted by Gasteiger charge is -2.60. The maximum atomic E-state index is 12.2. The molecule has 0 saturated carbocycles. The molecular formula is C24H29F3N2O3. The molecule has 174 valence electrons. The minimum Gasteiger partial charge on any atom is -0.542 e. The van der Waals surface area contributed by atoms with Crippen molar-refractivity contribution >= 4 is 5.97 Å². The molecule has 2 bridgehead atoms. The van der Waals surface area contributed by atoms with E-state index in [1.807, 2.05) is 36.4 Å². The molecule has 3 fully saturated rings. The molecule has 0 amide bonds. The fraction of sp³-hybridized carbons (Fsp3) is 0.458. The van der Waals surface area contributed by atoms with Crippen molar-refractivity contribution in [2.45, 2.75) is 31.0 Å². The number of alkyl halides is 3.